The van der Waals surface area contributed by atoms with Gasteiger partial charge in [0.2, 0.25) is 5.91 Å². The topological polar surface area (TPSA) is 46.3 Å². The highest BCUT2D eigenvalue weighted by Crippen LogP contribution is 2.29. The van der Waals surface area contributed by atoms with E-state index in [1.54, 1.807) is 11.8 Å². The summed E-state index contributed by atoms with van der Waals surface area (Å²) in [6.45, 7) is 10.0. The zero-order valence-electron chi connectivity index (χ0n) is 13.5. The van der Waals surface area contributed by atoms with Crippen molar-refractivity contribution >= 4 is 17.7 Å². The van der Waals surface area contributed by atoms with Crippen LogP contribution in [0.25, 0.3) is 0 Å². The van der Waals surface area contributed by atoms with Gasteiger partial charge in [-0.2, -0.15) is 0 Å². The van der Waals surface area contributed by atoms with Crippen LogP contribution in [0.5, 0.6) is 0 Å². The average molecular weight is 306 g/mol. The van der Waals surface area contributed by atoms with Crippen LogP contribution in [-0.4, -0.2) is 35.7 Å². The highest BCUT2D eigenvalue weighted by Gasteiger charge is 2.35. The first-order valence-corrected chi connectivity index (χ1v) is 8.51. The van der Waals surface area contributed by atoms with Crippen LogP contribution in [0.4, 0.5) is 0 Å². The SMILES string of the molecule is Cc1ccc(SCC(=O)N2CCC(N)C(C)(C)C2)c(C)c1. The molecule has 1 fully saturated rings. The zero-order valence-corrected chi connectivity index (χ0v) is 14.3. The Morgan fingerprint density at radius 3 is 2.76 bits per heavy atom. The van der Waals surface area contributed by atoms with Crippen LogP contribution in [0, 0.1) is 19.3 Å². The molecule has 116 valence electrons. The number of piperidine rings is 1. The minimum atomic E-state index is 0.0123. The maximum Gasteiger partial charge on any atom is 0.232 e. The molecule has 0 bridgehead atoms. The number of carbonyl (C=O) groups is 1. The van der Waals surface area contributed by atoms with Gasteiger partial charge in [-0.25, -0.2) is 0 Å². The summed E-state index contributed by atoms with van der Waals surface area (Å²) in [6.07, 6.45) is 0.896. The van der Waals surface area contributed by atoms with E-state index in [1.165, 1.54) is 16.0 Å². The summed E-state index contributed by atoms with van der Waals surface area (Å²) in [5.41, 5.74) is 8.65. The van der Waals surface area contributed by atoms with Gasteiger partial charge in [0, 0.05) is 24.0 Å². The molecular weight excluding hydrogens is 280 g/mol. The van der Waals surface area contributed by atoms with E-state index in [9.17, 15) is 4.79 Å². The summed E-state index contributed by atoms with van der Waals surface area (Å²) in [4.78, 5) is 15.6. The van der Waals surface area contributed by atoms with Gasteiger partial charge in [-0.1, -0.05) is 31.5 Å². The molecule has 1 amide bonds. The maximum atomic E-state index is 12.4. The molecule has 1 atom stereocenters. The number of amides is 1. The summed E-state index contributed by atoms with van der Waals surface area (Å²) < 4.78 is 0. The van der Waals surface area contributed by atoms with Crippen LogP contribution in [0.2, 0.25) is 0 Å². The number of hydrogen-bond acceptors (Lipinski definition) is 3. The first kappa shape index (κ1) is 16.4. The van der Waals surface area contributed by atoms with Gasteiger partial charge in [0.25, 0.3) is 0 Å². The summed E-state index contributed by atoms with van der Waals surface area (Å²) in [6, 6.07) is 6.56. The number of thioether (sulfide) groups is 1. The Morgan fingerprint density at radius 2 is 2.14 bits per heavy atom. The van der Waals surface area contributed by atoms with Crippen LogP contribution in [0.15, 0.2) is 23.1 Å². The molecule has 1 aliphatic rings. The smallest absolute Gasteiger partial charge is 0.232 e. The first-order valence-electron chi connectivity index (χ1n) is 7.53. The Hall–Kier alpha value is -1.00. The largest absolute Gasteiger partial charge is 0.341 e. The number of aryl methyl sites for hydroxylation is 2. The van der Waals surface area contributed by atoms with Crippen LogP contribution in [0.3, 0.4) is 0 Å². The van der Waals surface area contributed by atoms with E-state index in [-0.39, 0.29) is 17.4 Å². The third-order valence-corrected chi connectivity index (χ3v) is 5.51. The fourth-order valence-electron chi connectivity index (χ4n) is 2.78. The fourth-order valence-corrected chi connectivity index (χ4v) is 3.69. The van der Waals surface area contributed by atoms with E-state index in [0.29, 0.717) is 5.75 Å². The first-order chi connectivity index (χ1) is 9.79. The highest BCUT2D eigenvalue weighted by molar-refractivity contribution is 8.00. The van der Waals surface area contributed by atoms with Crippen molar-refractivity contribution in [3.8, 4) is 0 Å². The van der Waals surface area contributed by atoms with E-state index in [2.05, 4.69) is 45.9 Å². The molecule has 4 heteroatoms. The lowest BCUT2D eigenvalue weighted by atomic mass is 9.80. The minimum Gasteiger partial charge on any atom is -0.341 e. The van der Waals surface area contributed by atoms with Gasteiger partial charge in [0.05, 0.1) is 5.75 Å². The molecule has 1 aliphatic heterocycles. The van der Waals surface area contributed by atoms with E-state index in [1.807, 2.05) is 4.90 Å². The van der Waals surface area contributed by atoms with Gasteiger partial charge in [-0.05, 0) is 37.3 Å². The Kier molecular flexibility index (Phi) is 4.99. The fraction of sp³-hybridized carbons (Fsp3) is 0.588. The number of rotatable bonds is 3. The Balaban J connectivity index is 1.93. The second kappa shape index (κ2) is 6.41. The molecule has 0 saturated carbocycles. The van der Waals surface area contributed by atoms with Crippen molar-refractivity contribution < 1.29 is 4.79 Å². The number of nitrogens with zero attached hydrogens (tertiary/aromatic N) is 1. The summed E-state index contributed by atoms with van der Waals surface area (Å²) in [5, 5.41) is 0. The average Bonchev–Trinajstić information content (AvgIpc) is 2.40. The molecule has 0 aromatic heterocycles. The van der Waals surface area contributed by atoms with Gasteiger partial charge in [0.15, 0.2) is 0 Å². The number of benzene rings is 1. The van der Waals surface area contributed by atoms with Crippen molar-refractivity contribution in [3.05, 3.63) is 29.3 Å². The molecule has 3 nitrogen and oxygen atoms in total. The number of nitrogens with two attached hydrogens (primary N) is 1. The quantitative estimate of drug-likeness (QED) is 0.873. The molecule has 2 N–H and O–H groups in total. The second-order valence-corrected chi connectivity index (χ2v) is 7.77. The maximum absolute atomic E-state index is 12.4. The lowest BCUT2D eigenvalue weighted by Gasteiger charge is -2.42. The molecule has 0 aliphatic carbocycles. The van der Waals surface area contributed by atoms with Gasteiger partial charge in [-0.15, -0.1) is 11.8 Å². The van der Waals surface area contributed by atoms with Crippen molar-refractivity contribution in [2.24, 2.45) is 11.1 Å². The van der Waals surface area contributed by atoms with Crippen molar-refractivity contribution in [2.75, 3.05) is 18.8 Å². The van der Waals surface area contributed by atoms with E-state index in [0.717, 1.165) is 19.5 Å². The normalized spacial score (nSPS) is 21.4. The van der Waals surface area contributed by atoms with E-state index >= 15 is 0 Å². The zero-order chi connectivity index (χ0) is 15.6. The van der Waals surface area contributed by atoms with Gasteiger partial charge in [-0.3, -0.25) is 4.79 Å². The van der Waals surface area contributed by atoms with Gasteiger partial charge >= 0.3 is 0 Å². The van der Waals surface area contributed by atoms with Gasteiger partial charge in [0.1, 0.15) is 0 Å². The molecule has 1 unspecified atom stereocenters. The third-order valence-electron chi connectivity index (χ3n) is 4.35. The van der Waals surface area contributed by atoms with Crippen LogP contribution >= 0.6 is 11.8 Å². The van der Waals surface area contributed by atoms with Crippen LogP contribution in [-0.2, 0) is 4.79 Å². The number of hydrogen-bond donors (Lipinski definition) is 1. The predicted molar refractivity (Wildman–Crippen MR) is 89.6 cm³/mol. The Labute approximate surface area is 132 Å². The molecule has 2 rings (SSSR count). The molecule has 1 heterocycles. The standard InChI is InChI=1S/C17H26N2OS/c1-12-5-6-14(13(2)9-12)21-10-16(20)19-8-7-15(18)17(3,4)11-19/h5-6,9,15H,7-8,10-11,18H2,1-4H3. The number of carbonyl (C=O) groups excluding carboxylic acids is 1. The number of likely N-dealkylation sites (tertiary alicyclic amines) is 1. The summed E-state index contributed by atoms with van der Waals surface area (Å²) in [5.74, 6) is 0.731. The van der Waals surface area contributed by atoms with Crippen LogP contribution in [0.1, 0.15) is 31.4 Å². The summed E-state index contributed by atoms with van der Waals surface area (Å²) >= 11 is 1.64. The van der Waals surface area contributed by atoms with Crippen molar-refractivity contribution in [1.82, 2.24) is 4.90 Å². The van der Waals surface area contributed by atoms with E-state index < -0.39 is 0 Å². The molecule has 1 aromatic carbocycles. The van der Waals surface area contributed by atoms with Crippen molar-refractivity contribution in [3.63, 3.8) is 0 Å². The van der Waals surface area contributed by atoms with E-state index in [4.69, 9.17) is 5.73 Å². The lowest BCUT2D eigenvalue weighted by Crippen LogP contribution is -2.54. The Bertz CT molecular complexity index is 528. The molecule has 21 heavy (non-hydrogen) atoms. The third kappa shape index (κ3) is 4.01. The highest BCUT2D eigenvalue weighted by atomic mass is 32.2. The lowest BCUT2D eigenvalue weighted by molar-refractivity contribution is -0.131. The molecular formula is C17H26N2OS. The Morgan fingerprint density at radius 1 is 1.43 bits per heavy atom. The van der Waals surface area contributed by atoms with Gasteiger partial charge < -0.3 is 10.6 Å². The second-order valence-electron chi connectivity index (χ2n) is 6.76. The monoisotopic (exact) mass is 306 g/mol. The predicted octanol–water partition coefficient (Wildman–Crippen LogP) is 2.98. The summed E-state index contributed by atoms with van der Waals surface area (Å²) in [7, 11) is 0. The molecule has 1 aromatic rings. The minimum absolute atomic E-state index is 0.0123. The molecule has 0 spiro atoms. The van der Waals surface area contributed by atoms with Crippen molar-refractivity contribution in [1.29, 1.82) is 0 Å². The van der Waals surface area contributed by atoms with Crippen molar-refractivity contribution in [2.45, 2.75) is 45.1 Å². The van der Waals surface area contributed by atoms with Crippen LogP contribution < -0.4 is 5.73 Å². The molecule has 1 saturated heterocycles. The molecule has 0 radical (unpaired) electrons.